The summed E-state index contributed by atoms with van der Waals surface area (Å²) in [7, 11) is 0. The molecule has 1 spiro atoms. The van der Waals surface area contributed by atoms with E-state index in [0.29, 0.717) is 26.2 Å². The molecule has 0 bridgehead atoms. The summed E-state index contributed by atoms with van der Waals surface area (Å²) >= 11 is 0. The molecular formula is C24H26N4O2. The molecule has 2 saturated heterocycles. The van der Waals surface area contributed by atoms with Gasteiger partial charge in [0.1, 0.15) is 12.1 Å². The Morgan fingerprint density at radius 1 is 1.03 bits per heavy atom. The fourth-order valence-electron chi connectivity index (χ4n) is 4.81. The van der Waals surface area contributed by atoms with Crippen LogP contribution in [0.15, 0.2) is 60.9 Å². The second-order valence-electron chi connectivity index (χ2n) is 8.47. The highest BCUT2D eigenvalue weighted by Gasteiger charge is 2.47. The number of likely N-dealkylation sites (tertiary alicyclic amines) is 1. The van der Waals surface area contributed by atoms with E-state index in [9.17, 15) is 4.79 Å². The van der Waals surface area contributed by atoms with Gasteiger partial charge < -0.3 is 14.5 Å². The van der Waals surface area contributed by atoms with Gasteiger partial charge in [0.25, 0.3) is 0 Å². The van der Waals surface area contributed by atoms with Crippen LogP contribution in [0.2, 0.25) is 0 Å². The van der Waals surface area contributed by atoms with Gasteiger partial charge in [0, 0.05) is 36.9 Å². The van der Waals surface area contributed by atoms with Crippen molar-refractivity contribution in [2.24, 2.45) is 5.41 Å². The number of rotatable bonds is 3. The van der Waals surface area contributed by atoms with Gasteiger partial charge in [0.2, 0.25) is 5.91 Å². The molecule has 2 atom stereocenters. The molecule has 2 aliphatic heterocycles. The third-order valence-corrected chi connectivity index (χ3v) is 6.36. The average Bonchev–Trinajstić information content (AvgIpc) is 2.97. The number of para-hydroxylation sites is 1. The van der Waals surface area contributed by atoms with E-state index in [-0.39, 0.29) is 17.4 Å². The van der Waals surface area contributed by atoms with Crippen molar-refractivity contribution < 1.29 is 9.53 Å². The largest absolute Gasteiger partial charge is 0.379 e. The lowest BCUT2D eigenvalue weighted by molar-refractivity contribution is -0.129. The zero-order chi connectivity index (χ0) is 20.6. The standard InChI is InChI=1S/C24H26N4O2/c1-18(19-7-3-2-4-8-19)28-15-24(13-22(28)29)14-27(11-12-30-16-24)23-20-9-5-6-10-21(20)25-17-26-23/h2-10,17-18H,11-16H2,1H3/t18-,24+/m0/s1. The zero-order valence-corrected chi connectivity index (χ0v) is 17.2. The number of fused-ring (bicyclic) bond motifs is 1. The Bertz CT molecular complexity index is 1050. The average molecular weight is 402 g/mol. The molecule has 0 N–H and O–H groups in total. The number of carbonyl (C=O) groups is 1. The maximum absolute atomic E-state index is 13.1. The minimum Gasteiger partial charge on any atom is -0.379 e. The van der Waals surface area contributed by atoms with Crippen molar-refractivity contribution in [3.05, 3.63) is 66.5 Å². The Morgan fingerprint density at radius 3 is 2.70 bits per heavy atom. The first-order valence-corrected chi connectivity index (χ1v) is 10.5. The van der Waals surface area contributed by atoms with Gasteiger partial charge in [0.15, 0.2) is 0 Å². The SMILES string of the molecule is C[C@@H](c1ccccc1)N1C[C@@]2(COCCN(c3ncnc4ccccc34)C2)CC1=O. The smallest absolute Gasteiger partial charge is 0.223 e. The number of amides is 1. The van der Waals surface area contributed by atoms with Gasteiger partial charge >= 0.3 is 0 Å². The summed E-state index contributed by atoms with van der Waals surface area (Å²) in [4.78, 5) is 26.4. The fraction of sp³-hybridized carbons (Fsp3) is 0.375. The summed E-state index contributed by atoms with van der Waals surface area (Å²) in [5.74, 6) is 1.12. The third kappa shape index (κ3) is 3.41. The van der Waals surface area contributed by atoms with Gasteiger partial charge in [0.05, 0.1) is 24.8 Å². The van der Waals surface area contributed by atoms with Crippen molar-refractivity contribution in [1.29, 1.82) is 0 Å². The molecule has 3 aromatic rings. The Hall–Kier alpha value is -2.99. The normalized spacial score (nSPS) is 23.2. The second-order valence-corrected chi connectivity index (χ2v) is 8.47. The van der Waals surface area contributed by atoms with E-state index < -0.39 is 0 Å². The number of anilines is 1. The maximum atomic E-state index is 13.1. The van der Waals surface area contributed by atoms with E-state index >= 15 is 0 Å². The van der Waals surface area contributed by atoms with E-state index in [4.69, 9.17) is 4.74 Å². The molecule has 1 aromatic heterocycles. The van der Waals surface area contributed by atoms with E-state index in [2.05, 4.69) is 40.0 Å². The molecule has 0 radical (unpaired) electrons. The molecule has 0 aliphatic carbocycles. The third-order valence-electron chi connectivity index (χ3n) is 6.36. The number of benzene rings is 2. The van der Waals surface area contributed by atoms with Crippen molar-refractivity contribution in [3.8, 4) is 0 Å². The van der Waals surface area contributed by atoms with E-state index in [0.717, 1.165) is 35.4 Å². The van der Waals surface area contributed by atoms with Crippen molar-refractivity contribution in [1.82, 2.24) is 14.9 Å². The highest BCUT2D eigenvalue weighted by atomic mass is 16.5. The molecule has 6 heteroatoms. The molecule has 0 unspecified atom stereocenters. The zero-order valence-electron chi connectivity index (χ0n) is 17.2. The van der Waals surface area contributed by atoms with Crippen LogP contribution in [0.4, 0.5) is 5.82 Å². The van der Waals surface area contributed by atoms with Crippen molar-refractivity contribution in [2.45, 2.75) is 19.4 Å². The molecule has 30 heavy (non-hydrogen) atoms. The summed E-state index contributed by atoms with van der Waals surface area (Å²) in [5, 5.41) is 1.04. The lowest BCUT2D eigenvalue weighted by Crippen LogP contribution is -2.41. The van der Waals surface area contributed by atoms with Gasteiger partial charge in [-0.2, -0.15) is 0 Å². The van der Waals surface area contributed by atoms with Crippen LogP contribution in [0.25, 0.3) is 10.9 Å². The quantitative estimate of drug-likeness (QED) is 0.672. The van der Waals surface area contributed by atoms with Gasteiger partial charge in [-0.1, -0.05) is 42.5 Å². The molecule has 5 rings (SSSR count). The Kier molecular flexibility index (Phi) is 4.87. The highest BCUT2D eigenvalue weighted by molar-refractivity contribution is 5.89. The Morgan fingerprint density at radius 2 is 1.83 bits per heavy atom. The highest BCUT2D eigenvalue weighted by Crippen LogP contribution is 2.39. The number of nitrogens with zero attached hydrogens (tertiary/aromatic N) is 4. The van der Waals surface area contributed by atoms with Crippen LogP contribution in [-0.4, -0.2) is 53.6 Å². The Labute approximate surface area is 176 Å². The topological polar surface area (TPSA) is 58.6 Å². The van der Waals surface area contributed by atoms with Crippen molar-refractivity contribution in [3.63, 3.8) is 0 Å². The first kappa shape index (κ1) is 19.0. The van der Waals surface area contributed by atoms with Crippen LogP contribution in [0.3, 0.4) is 0 Å². The van der Waals surface area contributed by atoms with Crippen LogP contribution in [-0.2, 0) is 9.53 Å². The van der Waals surface area contributed by atoms with Crippen LogP contribution in [0, 0.1) is 5.41 Å². The van der Waals surface area contributed by atoms with E-state index in [1.54, 1.807) is 6.33 Å². The number of carbonyl (C=O) groups excluding carboxylic acids is 1. The van der Waals surface area contributed by atoms with Crippen molar-refractivity contribution >= 4 is 22.6 Å². The second kappa shape index (κ2) is 7.69. The molecule has 6 nitrogen and oxygen atoms in total. The minimum atomic E-state index is -0.233. The predicted octanol–water partition coefficient (Wildman–Crippen LogP) is 3.45. The summed E-state index contributed by atoms with van der Waals surface area (Å²) in [6, 6.07) is 18.4. The number of aromatic nitrogens is 2. The van der Waals surface area contributed by atoms with Crippen molar-refractivity contribution in [2.75, 3.05) is 37.7 Å². The summed E-state index contributed by atoms with van der Waals surface area (Å²) in [5.41, 5.74) is 1.86. The molecular weight excluding hydrogens is 376 g/mol. The molecule has 2 aliphatic rings. The van der Waals surface area contributed by atoms with Gasteiger partial charge in [-0.25, -0.2) is 9.97 Å². The monoisotopic (exact) mass is 402 g/mol. The molecule has 2 aromatic carbocycles. The van der Waals surface area contributed by atoms with Gasteiger partial charge in [-0.15, -0.1) is 0 Å². The van der Waals surface area contributed by atoms with E-state index in [1.807, 2.05) is 41.3 Å². The molecule has 1 amide bonds. The minimum absolute atomic E-state index is 0.0506. The fourth-order valence-corrected chi connectivity index (χ4v) is 4.81. The van der Waals surface area contributed by atoms with Gasteiger partial charge in [-0.3, -0.25) is 4.79 Å². The van der Waals surface area contributed by atoms with Gasteiger partial charge in [-0.05, 0) is 24.6 Å². The predicted molar refractivity (Wildman–Crippen MR) is 116 cm³/mol. The van der Waals surface area contributed by atoms with Crippen LogP contribution >= 0.6 is 0 Å². The van der Waals surface area contributed by atoms with Crippen LogP contribution < -0.4 is 4.90 Å². The summed E-state index contributed by atoms with van der Waals surface area (Å²) in [6.45, 7) is 5.53. The number of hydrogen-bond acceptors (Lipinski definition) is 5. The lowest BCUT2D eigenvalue weighted by Gasteiger charge is -2.33. The molecule has 2 fully saturated rings. The van der Waals surface area contributed by atoms with E-state index in [1.165, 1.54) is 0 Å². The first-order chi connectivity index (χ1) is 14.7. The Balaban J connectivity index is 1.44. The molecule has 0 saturated carbocycles. The first-order valence-electron chi connectivity index (χ1n) is 10.5. The lowest BCUT2D eigenvalue weighted by atomic mass is 9.87. The number of hydrogen-bond donors (Lipinski definition) is 0. The molecule has 154 valence electrons. The molecule has 3 heterocycles. The number of ether oxygens (including phenoxy) is 1. The summed E-state index contributed by atoms with van der Waals surface area (Å²) < 4.78 is 6.01. The van der Waals surface area contributed by atoms with Crippen LogP contribution in [0.5, 0.6) is 0 Å². The summed E-state index contributed by atoms with van der Waals surface area (Å²) in [6.07, 6.45) is 2.13. The maximum Gasteiger partial charge on any atom is 0.223 e. The van der Waals surface area contributed by atoms with Crippen LogP contribution in [0.1, 0.15) is 24.9 Å².